The molecule has 1 aromatic carbocycles. The minimum Gasteiger partial charge on any atom is -0.481 e. The largest absolute Gasteiger partial charge is 0.481 e. The van der Waals surface area contributed by atoms with Gasteiger partial charge in [0.15, 0.2) is 0 Å². The van der Waals surface area contributed by atoms with Crippen molar-refractivity contribution in [2.45, 2.75) is 29.0 Å². The number of hydrogen-bond acceptors (Lipinski definition) is 6. The number of imide groups is 1. The summed E-state index contributed by atoms with van der Waals surface area (Å²) in [6.07, 6.45) is 0.599. The number of carboxylic acids is 1. The van der Waals surface area contributed by atoms with Crippen LogP contribution in [0.4, 0.5) is 0 Å². The fourth-order valence-corrected chi connectivity index (χ4v) is 9.70. The van der Waals surface area contributed by atoms with Crippen LogP contribution in [0, 0.1) is 29.6 Å². The number of thioether (sulfide) groups is 1. The van der Waals surface area contributed by atoms with Gasteiger partial charge in [0.1, 0.15) is 0 Å². The third-order valence-corrected chi connectivity index (χ3v) is 10.7. The van der Waals surface area contributed by atoms with Gasteiger partial charge in [-0.2, -0.15) is 0 Å². The molecule has 1 saturated heterocycles. The monoisotopic (exact) mass is 534 g/mol. The van der Waals surface area contributed by atoms with Crippen LogP contribution < -0.4 is 4.87 Å². The van der Waals surface area contributed by atoms with Crippen molar-refractivity contribution < 1.29 is 19.5 Å². The predicted molar refractivity (Wildman–Crippen MR) is 122 cm³/mol. The van der Waals surface area contributed by atoms with Crippen molar-refractivity contribution in [2.24, 2.45) is 29.6 Å². The molecular weight excluding hydrogens is 516 g/mol. The van der Waals surface area contributed by atoms with Gasteiger partial charge in [0.05, 0.1) is 23.3 Å². The lowest BCUT2D eigenvalue weighted by Gasteiger charge is -2.43. The van der Waals surface area contributed by atoms with Gasteiger partial charge in [-0.1, -0.05) is 39.4 Å². The molecule has 7 atom stereocenters. The first kappa shape index (κ1) is 20.7. The summed E-state index contributed by atoms with van der Waals surface area (Å²) in [5, 5.41) is 10.1. The molecule has 2 bridgehead atoms. The zero-order chi connectivity index (χ0) is 22.3. The third-order valence-electron chi connectivity index (χ3n) is 7.59. The molecule has 166 valence electrons. The summed E-state index contributed by atoms with van der Waals surface area (Å²) in [6.45, 7) is -0.0568. The third kappa shape index (κ3) is 2.85. The first-order chi connectivity index (χ1) is 15.3. The van der Waals surface area contributed by atoms with Crippen LogP contribution in [0.1, 0.15) is 29.2 Å². The highest BCUT2D eigenvalue weighted by molar-refractivity contribution is 9.10. The summed E-state index contributed by atoms with van der Waals surface area (Å²) in [6, 6.07) is 8.13. The maximum absolute atomic E-state index is 13.3. The van der Waals surface area contributed by atoms with Gasteiger partial charge < -0.3 is 10.1 Å². The quantitative estimate of drug-likeness (QED) is 0.583. The number of fused-ring (bicyclic) bond motifs is 9. The summed E-state index contributed by atoms with van der Waals surface area (Å²) in [5.41, 5.74) is 1.11. The number of H-pyrrole nitrogens is 1. The SMILES string of the molecule is O=C(O)CCN1C(=O)C2C3CC(C2C1=O)C1C3Sc2[nH]c(=O)sc2[C@@H]1c1ccc(Br)cc1. The van der Waals surface area contributed by atoms with Crippen molar-refractivity contribution >= 4 is 56.8 Å². The molecule has 1 aromatic heterocycles. The summed E-state index contributed by atoms with van der Waals surface area (Å²) >= 11 is 6.39. The first-order valence-corrected chi connectivity index (χ1v) is 13.1. The Kier molecular flexibility index (Phi) is 4.71. The number of rotatable bonds is 4. The Hall–Kier alpha value is -1.91. The van der Waals surface area contributed by atoms with Crippen LogP contribution in [0.5, 0.6) is 0 Å². The van der Waals surface area contributed by atoms with E-state index in [0.29, 0.717) is 0 Å². The highest BCUT2D eigenvalue weighted by Gasteiger charge is 2.69. The molecule has 2 N–H and O–H groups in total. The van der Waals surface area contributed by atoms with E-state index in [2.05, 4.69) is 33.0 Å². The highest BCUT2D eigenvalue weighted by atomic mass is 79.9. The van der Waals surface area contributed by atoms with Crippen LogP contribution in [0.2, 0.25) is 0 Å². The fraction of sp³-hybridized carbons (Fsp3) is 0.455. The van der Waals surface area contributed by atoms with Gasteiger partial charge in [-0.3, -0.25) is 24.1 Å². The number of nitrogens with zero attached hydrogens (tertiary/aromatic N) is 1. The average molecular weight is 535 g/mol. The van der Waals surface area contributed by atoms with E-state index < -0.39 is 5.97 Å². The molecule has 2 aromatic rings. The van der Waals surface area contributed by atoms with E-state index in [-0.39, 0.29) is 70.4 Å². The number of aromatic amines is 1. The summed E-state index contributed by atoms with van der Waals surface area (Å²) in [7, 11) is 0. The summed E-state index contributed by atoms with van der Waals surface area (Å²) in [4.78, 5) is 54.8. The molecule has 2 saturated carbocycles. The number of likely N-dealkylation sites (tertiary alicyclic amines) is 1. The van der Waals surface area contributed by atoms with Gasteiger partial charge >= 0.3 is 10.8 Å². The fourth-order valence-electron chi connectivity index (χ4n) is 6.55. The number of nitrogens with one attached hydrogen (secondary N) is 1. The molecule has 0 spiro atoms. The zero-order valence-corrected chi connectivity index (χ0v) is 19.9. The summed E-state index contributed by atoms with van der Waals surface area (Å²) < 4.78 is 0.976. The Morgan fingerprint density at radius 1 is 1.12 bits per heavy atom. The second kappa shape index (κ2) is 7.30. The molecule has 10 heteroatoms. The molecule has 6 unspecified atom stereocenters. The molecular formula is C22H19BrN2O5S2. The van der Waals surface area contributed by atoms with E-state index in [1.54, 1.807) is 11.8 Å². The Labute approximate surface area is 199 Å². The molecule has 2 aliphatic carbocycles. The van der Waals surface area contributed by atoms with E-state index in [1.165, 1.54) is 16.2 Å². The van der Waals surface area contributed by atoms with Gasteiger partial charge in [0.25, 0.3) is 0 Å². The lowest BCUT2D eigenvalue weighted by molar-refractivity contribution is -0.142. The standard InChI is InChI=1S/C22H19BrN2O5S2/c23-9-3-1-8(2-4-9)13-14-10-7-11(17(14)31-19-18(13)32-22(30)24-19)16-15(10)20(28)25(21(16)29)6-5-12(26)27/h1-4,10-11,13-17H,5-7H2,(H,24,30)(H,26,27)/t10?,11?,13-,14?,15?,16?,17?/m1/s1. The number of halogens is 1. The molecule has 3 heterocycles. The number of aromatic nitrogens is 1. The molecule has 4 aliphatic rings. The zero-order valence-electron chi connectivity index (χ0n) is 16.7. The van der Waals surface area contributed by atoms with Crippen molar-refractivity contribution in [3.63, 3.8) is 0 Å². The first-order valence-electron chi connectivity index (χ1n) is 10.6. The topological polar surface area (TPSA) is 108 Å². The molecule has 32 heavy (non-hydrogen) atoms. The molecule has 2 amide bonds. The second-order valence-corrected chi connectivity index (χ2v) is 12.1. The summed E-state index contributed by atoms with van der Waals surface area (Å²) in [5.74, 6) is -1.92. The van der Waals surface area contributed by atoms with Crippen molar-refractivity contribution in [3.8, 4) is 0 Å². The van der Waals surface area contributed by atoms with Crippen LogP contribution in [0.25, 0.3) is 0 Å². The van der Waals surface area contributed by atoms with E-state index in [1.807, 2.05) is 12.1 Å². The smallest absolute Gasteiger partial charge is 0.305 e. The molecule has 6 rings (SSSR count). The minimum absolute atomic E-state index is 0.000205. The van der Waals surface area contributed by atoms with Gasteiger partial charge in [0.2, 0.25) is 11.8 Å². The van der Waals surface area contributed by atoms with E-state index in [4.69, 9.17) is 5.11 Å². The minimum atomic E-state index is -1.02. The van der Waals surface area contributed by atoms with Crippen LogP contribution in [-0.4, -0.2) is 44.6 Å². The van der Waals surface area contributed by atoms with Crippen molar-refractivity contribution in [1.29, 1.82) is 0 Å². The lowest BCUT2D eigenvalue weighted by atomic mass is 9.68. The Bertz CT molecular complexity index is 1210. The number of amides is 2. The van der Waals surface area contributed by atoms with Gasteiger partial charge in [-0.25, -0.2) is 0 Å². The molecule has 2 aliphatic heterocycles. The second-order valence-electron chi connectivity index (χ2n) is 8.98. The highest BCUT2D eigenvalue weighted by Crippen LogP contribution is 2.68. The number of carbonyl (C=O) groups is 3. The van der Waals surface area contributed by atoms with E-state index in [9.17, 15) is 19.2 Å². The van der Waals surface area contributed by atoms with Crippen molar-refractivity contribution in [3.05, 3.63) is 48.8 Å². The van der Waals surface area contributed by atoms with E-state index in [0.717, 1.165) is 26.4 Å². The Balaban J connectivity index is 1.41. The predicted octanol–water partition coefficient (Wildman–Crippen LogP) is 3.15. The number of hydrogen-bond donors (Lipinski definition) is 2. The normalized spacial score (nSPS) is 34.5. The number of aliphatic carboxylic acids is 1. The average Bonchev–Trinajstić information content (AvgIpc) is 3.47. The molecule has 0 radical (unpaired) electrons. The number of benzene rings is 1. The Morgan fingerprint density at radius 2 is 1.81 bits per heavy atom. The maximum atomic E-state index is 13.3. The van der Waals surface area contributed by atoms with Gasteiger partial charge in [-0.15, -0.1) is 11.8 Å². The van der Waals surface area contributed by atoms with E-state index >= 15 is 0 Å². The van der Waals surface area contributed by atoms with Crippen LogP contribution in [0.3, 0.4) is 0 Å². The lowest BCUT2D eigenvalue weighted by Crippen LogP contribution is -2.42. The number of thiazole rings is 1. The number of carboxylic acid groups (broad SMARTS) is 1. The van der Waals surface area contributed by atoms with Crippen LogP contribution in [-0.2, 0) is 14.4 Å². The number of carbonyl (C=O) groups excluding carboxylic acids is 2. The van der Waals surface area contributed by atoms with Crippen molar-refractivity contribution in [1.82, 2.24) is 9.88 Å². The molecule has 7 nitrogen and oxygen atoms in total. The van der Waals surface area contributed by atoms with Crippen LogP contribution >= 0.6 is 39.0 Å². The van der Waals surface area contributed by atoms with Gasteiger partial charge in [0, 0.05) is 27.1 Å². The molecule has 3 fully saturated rings. The van der Waals surface area contributed by atoms with Crippen molar-refractivity contribution in [2.75, 3.05) is 6.54 Å². The van der Waals surface area contributed by atoms with Gasteiger partial charge in [-0.05, 0) is 41.9 Å². The Morgan fingerprint density at radius 3 is 2.50 bits per heavy atom. The maximum Gasteiger partial charge on any atom is 0.305 e. The van der Waals surface area contributed by atoms with Crippen LogP contribution in [0.15, 0.2) is 38.6 Å².